The minimum absolute atomic E-state index is 0.917. The molecule has 0 aliphatic heterocycles. The number of fused-ring (bicyclic) bond motifs is 37. The van der Waals surface area contributed by atoms with E-state index in [-0.39, 0.29) is 0 Å². The molecule has 0 saturated heterocycles. The average molecular weight is 1870 g/mol. The molecule has 0 aliphatic rings. The average Bonchev–Trinajstić information content (AvgIpc) is 1.54. The van der Waals surface area contributed by atoms with Crippen molar-refractivity contribution >= 4 is 320 Å². The molecule has 0 N–H and O–H groups in total. The van der Waals surface area contributed by atoms with Gasteiger partial charge in [-0.25, -0.2) is 0 Å². The van der Waals surface area contributed by atoms with E-state index in [1.54, 1.807) is 0 Å². The first-order chi connectivity index (χ1) is 68.4. The number of para-hydroxylation sites is 6. The Balaban J connectivity index is 0.0000000959. The van der Waals surface area contributed by atoms with E-state index in [0.29, 0.717) is 0 Å². The first-order valence-electron chi connectivity index (χ1n) is 46.5. The predicted molar refractivity (Wildman–Crippen MR) is 598 cm³/mol. The third kappa shape index (κ3) is 11.3. The molecule has 12 heteroatoms. The number of furan rings is 3. The Bertz CT molecular complexity index is 10900. The summed E-state index contributed by atoms with van der Waals surface area (Å²) in [7, 11) is 0. The lowest BCUT2D eigenvalue weighted by Crippen LogP contribution is -1.93. The summed E-state index contributed by atoms with van der Waals surface area (Å²) in [5.41, 5.74) is 24.0. The number of hydrogen-bond donors (Lipinski definition) is 0. The van der Waals surface area contributed by atoms with Gasteiger partial charge < -0.3 is 27.0 Å². The van der Waals surface area contributed by atoms with Crippen LogP contribution in [0.5, 0.6) is 0 Å². The van der Waals surface area contributed by atoms with Crippen LogP contribution in [-0.4, -0.2) is 13.7 Å². The summed E-state index contributed by atoms with van der Waals surface area (Å²) < 4.78 is 42.2. The van der Waals surface area contributed by atoms with Crippen LogP contribution in [0.2, 0.25) is 0 Å². The van der Waals surface area contributed by atoms with Crippen LogP contribution in [0.1, 0.15) is 0 Å². The molecule has 138 heavy (non-hydrogen) atoms. The van der Waals surface area contributed by atoms with Crippen LogP contribution >= 0.6 is 68.0 Å². The number of nitrogens with zero attached hydrogens (tertiary/aromatic N) is 3. The lowest BCUT2D eigenvalue weighted by Gasteiger charge is -2.09. The molecule has 0 atom stereocenters. The van der Waals surface area contributed by atoms with Gasteiger partial charge in [0.2, 0.25) is 0 Å². The molecule has 642 valence electrons. The van der Waals surface area contributed by atoms with E-state index in [2.05, 4.69) is 414 Å². The van der Waals surface area contributed by atoms with Crippen molar-refractivity contribution in [1.29, 1.82) is 0 Å². The van der Waals surface area contributed by atoms with Crippen LogP contribution in [0, 0.1) is 0 Å². The Labute approximate surface area is 809 Å². The van der Waals surface area contributed by atoms with E-state index in [0.717, 1.165) is 71.6 Å². The van der Waals surface area contributed by atoms with Crippen LogP contribution in [0.15, 0.2) is 432 Å². The van der Waals surface area contributed by atoms with Gasteiger partial charge >= 0.3 is 0 Å². The lowest BCUT2D eigenvalue weighted by molar-refractivity contribution is 0.669. The van der Waals surface area contributed by atoms with Crippen molar-refractivity contribution in [2.24, 2.45) is 0 Å². The van der Waals surface area contributed by atoms with E-state index < -0.39 is 0 Å². The maximum Gasteiger partial charge on any atom is 0.137 e. The molecule has 0 unspecified atom stereocenters. The zero-order valence-electron chi connectivity index (χ0n) is 73.4. The molecule has 21 aromatic carbocycles. The lowest BCUT2D eigenvalue weighted by atomic mass is 10.0. The molecule has 12 heterocycles. The highest BCUT2D eigenvalue weighted by molar-refractivity contribution is 7.29. The second kappa shape index (κ2) is 29.6. The number of aromatic nitrogens is 3. The Morgan fingerprint density at radius 1 is 0.138 bits per heavy atom. The van der Waals surface area contributed by atoms with Gasteiger partial charge in [-0.15, -0.1) is 68.0 Å². The molecule has 0 saturated carbocycles. The molecule has 0 spiro atoms. The number of hydrogen-bond acceptors (Lipinski definition) is 9. The van der Waals surface area contributed by atoms with Crippen LogP contribution < -0.4 is 0 Å². The fourth-order valence-corrected chi connectivity index (χ4v) is 30.1. The SMILES string of the molecule is c1ccc2c(c1)oc1cc3c(cc12)c1ccccc1n3-c1ccc2sc3c(-c4cccc5c4sc4ccccc45)cccc3c2c1.c1ccc2c(c1)oc1cc3c4ccccc4n(-c4ccc5sc6c(-c7cccc8c7sc7ccccc78)cccc6c5c4)c3cc12.c1ccc2c(c1)oc1ccc3c(c4ccccc4n3-c3ccc4sc5c(-c6cccc7c6sc6ccccc67)cccc5c4c3)c12. The molecule has 0 fully saturated rings. The molecule has 0 radical (unpaired) electrons. The molecule has 33 aromatic rings. The second-order valence-electron chi connectivity index (χ2n) is 36.2. The maximum atomic E-state index is 6.36. The van der Waals surface area contributed by atoms with E-state index >= 15 is 0 Å². The molecule has 0 bridgehead atoms. The van der Waals surface area contributed by atoms with Gasteiger partial charge in [-0.3, -0.25) is 0 Å². The van der Waals surface area contributed by atoms with Crippen molar-refractivity contribution < 1.29 is 13.3 Å². The number of thiophene rings is 6. The summed E-state index contributed by atoms with van der Waals surface area (Å²) in [6.07, 6.45) is 0. The summed E-state index contributed by atoms with van der Waals surface area (Å²) in [6.45, 7) is 0. The molecule has 0 amide bonds. The summed E-state index contributed by atoms with van der Waals surface area (Å²) >= 11 is 11.4. The van der Waals surface area contributed by atoms with Gasteiger partial charge in [0, 0.05) is 242 Å². The van der Waals surface area contributed by atoms with Gasteiger partial charge in [-0.1, -0.05) is 273 Å². The van der Waals surface area contributed by atoms with Crippen molar-refractivity contribution in [3.8, 4) is 50.4 Å². The first kappa shape index (κ1) is 77.1. The third-order valence-electron chi connectivity index (χ3n) is 28.8. The largest absolute Gasteiger partial charge is 0.456 e. The van der Waals surface area contributed by atoms with E-state index in [1.807, 2.05) is 86.2 Å². The van der Waals surface area contributed by atoms with Crippen molar-refractivity contribution in [3.63, 3.8) is 0 Å². The smallest absolute Gasteiger partial charge is 0.137 e. The zero-order valence-corrected chi connectivity index (χ0v) is 78.3. The predicted octanol–water partition coefficient (Wildman–Crippen LogP) is 39.3. The summed E-state index contributed by atoms with van der Waals surface area (Å²) in [5, 5.41) is 30.2. The quantitative estimate of drug-likeness (QED) is 0.167. The standard InChI is InChI=1S/3C42H23NOS2/c1-4-16-33-30(10-1)39-34(20-21-36-40(39)31-11-2-5-17-35(31)44-36)43(33)24-19-22-38-32(23-24)29-15-8-14-28(42(29)46-38)27-13-7-12-26-25-9-3-6-18-37(25)45-41(26)27;1-4-16-35-25(9-1)32-23-38-33(26-10-2-5-17-37(26)44-38)22-36(32)43(35)24-19-20-40-34(21-24)31-15-8-14-30(42(31)46-40)29-13-7-12-28-27-11-3-6-18-39(27)45-41(28)29;1-4-16-35-25(9-1)32-22-33-26-10-2-5-17-37(26)44-38(33)23-36(32)43(35)24-19-20-40-34(21-24)31-15-8-14-30(42(31)46-40)29-13-7-12-28-27-11-3-6-18-39(27)45-41(28)29/h3*1-23H. The molecule has 0 aliphatic carbocycles. The van der Waals surface area contributed by atoms with Gasteiger partial charge in [-0.05, 0) is 140 Å². The summed E-state index contributed by atoms with van der Waals surface area (Å²) in [4.78, 5) is 0. The molecule has 6 nitrogen and oxygen atoms in total. The maximum absolute atomic E-state index is 6.36. The fourth-order valence-electron chi connectivity index (χ4n) is 22.8. The van der Waals surface area contributed by atoms with Crippen molar-refractivity contribution in [2.45, 2.75) is 0 Å². The van der Waals surface area contributed by atoms with Crippen LogP contribution in [-0.2, 0) is 0 Å². The normalized spacial score (nSPS) is 12.3. The minimum atomic E-state index is 0.917. The molecular formula is C126H69N3O3S6. The van der Waals surface area contributed by atoms with Crippen molar-refractivity contribution in [1.82, 2.24) is 13.7 Å². The van der Waals surface area contributed by atoms with Gasteiger partial charge in [0.25, 0.3) is 0 Å². The molecule has 12 aromatic heterocycles. The highest BCUT2D eigenvalue weighted by atomic mass is 32.1. The number of benzene rings is 21. The fraction of sp³-hybridized carbons (Fsp3) is 0. The van der Waals surface area contributed by atoms with E-state index in [9.17, 15) is 0 Å². The monoisotopic (exact) mass is 1860 g/mol. The first-order valence-corrected chi connectivity index (χ1v) is 51.4. The van der Waals surface area contributed by atoms with Gasteiger partial charge in [0.05, 0.1) is 33.1 Å². The highest BCUT2D eigenvalue weighted by Crippen LogP contribution is 2.53. The molecular weight excluding hydrogens is 1800 g/mol. The van der Waals surface area contributed by atoms with Crippen LogP contribution in [0.3, 0.4) is 0 Å². The van der Waals surface area contributed by atoms with Crippen molar-refractivity contribution in [3.05, 3.63) is 419 Å². The van der Waals surface area contributed by atoms with E-state index in [1.165, 1.54) is 231 Å². The Morgan fingerprint density at radius 3 is 0.848 bits per heavy atom. The Morgan fingerprint density at radius 2 is 0.428 bits per heavy atom. The Kier molecular flexibility index (Phi) is 16.5. The number of rotatable bonds is 6. The third-order valence-corrected chi connectivity index (χ3v) is 36.1. The topological polar surface area (TPSA) is 54.2 Å². The molecule has 33 rings (SSSR count). The zero-order chi connectivity index (χ0) is 89.8. The van der Waals surface area contributed by atoms with Crippen molar-refractivity contribution in [2.75, 3.05) is 0 Å². The van der Waals surface area contributed by atoms with Crippen LogP contribution in [0.4, 0.5) is 0 Å². The van der Waals surface area contributed by atoms with Crippen LogP contribution in [0.25, 0.3) is 303 Å². The van der Waals surface area contributed by atoms with Gasteiger partial charge in [0.15, 0.2) is 0 Å². The minimum Gasteiger partial charge on any atom is -0.456 e. The Hall–Kier alpha value is -16.3. The van der Waals surface area contributed by atoms with Gasteiger partial charge in [-0.2, -0.15) is 0 Å². The summed E-state index contributed by atoms with van der Waals surface area (Å²) in [6, 6.07) is 153. The van der Waals surface area contributed by atoms with Gasteiger partial charge in [0.1, 0.15) is 33.5 Å². The van der Waals surface area contributed by atoms with E-state index in [4.69, 9.17) is 13.3 Å². The highest BCUT2D eigenvalue weighted by Gasteiger charge is 2.27. The summed E-state index contributed by atoms with van der Waals surface area (Å²) in [5.74, 6) is 0. The second-order valence-corrected chi connectivity index (χ2v) is 42.5.